The zero-order valence-corrected chi connectivity index (χ0v) is 14.9. The minimum atomic E-state index is -1.13. The van der Waals surface area contributed by atoms with Gasteiger partial charge in [-0.3, -0.25) is 9.59 Å². The van der Waals surface area contributed by atoms with E-state index in [1.54, 1.807) is 24.3 Å². The van der Waals surface area contributed by atoms with Crippen LogP contribution in [0.1, 0.15) is 32.8 Å². The lowest BCUT2D eigenvalue weighted by molar-refractivity contribution is -0.142. The Morgan fingerprint density at radius 3 is 2.16 bits per heavy atom. The van der Waals surface area contributed by atoms with Crippen molar-refractivity contribution in [1.29, 1.82) is 0 Å². The first-order valence-corrected chi connectivity index (χ1v) is 8.39. The summed E-state index contributed by atoms with van der Waals surface area (Å²) in [4.78, 5) is 35.9. The predicted octanol–water partition coefficient (Wildman–Crippen LogP) is 0.677. The maximum Gasteiger partial charge on any atom is 0.326 e. The summed E-state index contributed by atoms with van der Waals surface area (Å²) in [6, 6.07) is 6.38. The third-order valence-electron chi connectivity index (χ3n) is 4.10. The van der Waals surface area contributed by atoms with Gasteiger partial charge in [0.25, 0.3) is 0 Å². The van der Waals surface area contributed by atoms with Gasteiger partial charge >= 0.3 is 5.97 Å². The molecule has 1 aromatic carbocycles. The van der Waals surface area contributed by atoms with Gasteiger partial charge in [0, 0.05) is 6.42 Å². The van der Waals surface area contributed by atoms with Crippen LogP contribution >= 0.6 is 0 Å². The standard InChI is InChI=1S/C18H27N3O4/c1-4-11(2)15(21-16(22)12(3)19)17(23)20-14(18(24)25)10-13-8-6-5-7-9-13/h5-9,11-12,14-15H,4,10,19H2,1-3H3,(H,20,23)(H,21,22)(H,24,25). The fraction of sp³-hybridized carbons (Fsp3) is 0.500. The molecule has 5 N–H and O–H groups in total. The molecule has 25 heavy (non-hydrogen) atoms. The van der Waals surface area contributed by atoms with Gasteiger partial charge in [0.05, 0.1) is 6.04 Å². The molecule has 1 rings (SSSR count). The van der Waals surface area contributed by atoms with Crippen LogP contribution in [0.3, 0.4) is 0 Å². The molecular formula is C18H27N3O4. The van der Waals surface area contributed by atoms with Crippen molar-refractivity contribution in [3.05, 3.63) is 35.9 Å². The number of nitrogens with two attached hydrogens (primary N) is 1. The molecular weight excluding hydrogens is 322 g/mol. The number of aliphatic carboxylic acids is 1. The van der Waals surface area contributed by atoms with Gasteiger partial charge in [0.1, 0.15) is 12.1 Å². The van der Waals surface area contributed by atoms with Crippen molar-refractivity contribution in [2.24, 2.45) is 11.7 Å². The Labute approximate surface area is 148 Å². The number of carboxylic acid groups (broad SMARTS) is 1. The van der Waals surface area contributed by atoms with Crippen LogP contribution in [0.15, 0.2) is 30.3 Å². The van der Waals surface area contributed by atoms with Crippen molar-refractivity contribution in [3.8, 4) is 0 Å². The number of carboxylic acids is 1. The molecule has 0 saturated carbocycles. The molecule has 0 aliphatic heterocycles. The molecule has 7 nitrogen and oxygen atoms in total. The van der Waals surface area contributed by atoms with Crippen LogP contribution in [0.5, 0.6) is 0 Å². The van der Waals surface area contributed by atoms with Gasteiger partial charge < -0.3 is 21.5 Å². The van der Waals surface area contributed by atoms with Gasteiger partial charge in [-0.05, 0) is 18.4 Å². The first kappa shape index (κ1) is 20.6. The fourth-order valence-electron chi connectivity index (χ4n) is 2.30. The highest BCUT2D eigenvalue weighted by Gasteiger charge is 2.30. The number of nitrogens with one attached hydrogen (secondary N) is 2. The Hall–Kier alpha value is -2.41. The molecule has 0 fully saturated rings. The van der Waals surface area contributed by atoms with Crippen molar-refractivity contribution in [3.63, 3.8) is 0 Å². The second-order valence-electron chi connectivity index (χ2n) is 6.25. The van der Waals surface area contributed by atoms with Crippen molar-refractivity contribution >= 4 is 17.8 Å². The molecule has 0 aliphatic carbocycles. The van der Waals surface area contributed by atoms with Crippen molar-refractivity contribution in [1.82, 2.24) is 10.6 Å². The van der Waals surface area contributed by atoms with Crippen molar-refractivity contribution in [2.75, 3.05) is 0 Å². The van der Waals surface area contributed by atoms with E-state index in [2.05, 4.69) is 10.6 Å². The van der Waals surface area contributed by atoms with Crippen LogP contribution in [-0.4, -0.2) is 41.0 Å². The average molecular weight is 349 g/mol. The average Bonchev–Trinajstić information content (AvgIpc) is 2.58. The van der Waals surface area contributed by atoms with Crippen LogP contribution < -0.4 is 16.4 Å². The van der Waals surface area contributed by atoms with E-state index in [4.69, 9.17) is 5.73 Å². The smallest absolute Gasteiger partial charge is 0.326 e. The molecule has 0 saturated heterocycles. The van der Waals surface area contributed by atoms with Gasteiger partial charge in [0.2, 0.25) is 11.8 Å². The SMILES string of the molecule is CCC(C)C(NC(=O)C(C)N)C(=O)NC(Cc1ccccc1)C(=O)O. The quantitative estimate of drug-likeness (QED) is 0.522. The minimum absolute atomic E-state index is 0.158. The van der Waals surface area contributed by atoms with E-state index in [-0.39, 0.29) is 12.3 Å². The van der Waals surface area contributed by atoms with E-state index in [1.807, 2.05) is 19.9 Å². The van der Waals surface area contributed by atoms with Gasteiger partial charge in [0.15, 0.2) is 0 Å². The lowest BCUT2D eigenvalue weighted by Gasteiger charge is -2.26. The van der Waals surface area contributed by atoms with Gasteiger partial charge in [-0.1, -0.05) is 50.6 Å². The zero-order chi connectivity index (χ0) is 19.0. The lowest BCUT2D eigenvalue weighted by Crippen LogP contribution is -2.56. The van der Waals surface area contributed by atoms with E-state index in [0.29, 0.717) is 6.42 Å². The largest absolute Gasteiger partial charge is 0.480 e. The van der Waals surface area contributed by atoms with Crippen molar-refractivity contribution in [2.45, 2.75) is 51.7 Å². The number of carbonyl (C=O) groups is 3. The molecule has 0 bridgehead atoms. The minimum Gasteiger partial charge on any atom is -0.480 e. The molecule has 0 aliphatic rings. The third-order valence-corrected chi connectivity index (χ3v) is 4.10. The molecule has 4 atom stereocenters. The maximum absolute atomic E-state index is 12.6. The van der Waals surface area contributed by atoms with Crippen LogP contribution in [0.25, 0.3) is 0 Å². The van der Waals surface area contributed by atoms with Gasteiger partial charge in [-0.25, -0.2) is 4.79 Å². The van der Waals surface area contributed by atoms with E-state index >= 15 is 0 Å². The molecule has 0 spiro atoms. The summed E-state index contributed by atoms with van der Waals surface area (Å²) >= 11 is 0. The number of hydrogen-bond acceptors (Lipinski definition) is 4. The second-order valence-corrected chi connectivity index (χ2v) is 6.25. The first-order valence-electron chi connectivity index (χ1n) is 8.39. The molecule has 1 aromatic rings. The lowest BCUT2D eigenvalue weighted by atomic mass is 9.97. The van der Waals surface area contributed by atoms with E-state index in [1.165, 1.54) is 6.92 Å². The Balaban J connectivity index is 2.86. The third kappa shape index (κ3) is 6.54. The first-order chi connectivity index (χ1) is 11.8. The zero-order valence-electron chi connectivity index (χ0n) is 14.9. The molecule has 0 aromatic heterocycles. The number of rotatable bonds is 9. The molecule has 0 heterocycles. The molecule has 0 radical (unpaired) electrons. The van der Waals surface area contributed by atoms with Gasteiger partial charge in [-0.15, -0.1) is 0 Å². The Morgan fingerprint density at radius 1 is 1.08 bits per heavy atom. The highest BCUT2D eigenvalue weighted by atomic mass is 16.4. The fourth-order valence-corrected chi connectivity index (χ4v) is 2.30. The normalized spacial score (nSPS) is 15.5. The van der Waals surface area contributed by atoms with E-state index < -0.39 is 35.9 Å². The van der Waals surface area contributed by atoms with E-state index in [9.17, 15) is 19.5 Å². The summed E-state index contributed by atoms with van der Waals surface area (Å²) in [7, 11) is 0. The highest BCUT2D eigenvalue weighted by molar-refractivity contribution is 5.91. The Kier molecular flexibility index (Phi) is 8.07. The molecule has 2 amide bonds. The summed E-state index contributed by atoms with van der Waals surface area (Å²) in [5, 5.41) is 14.5. The summed E-state index contributed by atoms with van der Waals surface area (Å²) in [6.45, 7) is 5.23. The Bertz CT molecular complexity index is 589. The monoisotopic (exact) mass is 349 g/mol. The van der Waals surface area contributed by atoms with Gasteiger partial charge in [-0.2, -0.15) is 0 Å². The van der Waals surface area contributed by atoms with E-state index in [0.717, 1.165) is 5.56 Å². The molecule has 4 unspecified atom stereocenters. The summed E-state index contributed by atoms with van der Waals surface area (Å²) in [5.41, 5.74) is 6.34. The van der Waals surface area contributed by atoms with Crippen LogP contribution in [-0.2, 0) is 20.8 Å². The van der Waals surface area contributed by atoms with Crippen LogP contribution in [0, 0.1) is 5.92 Å². The second kappa shape index (κ2) is 9.78. The number of benzene rings is 1. The number of hydrogen-bond donors (Lipinski definition) is 4. The van der Waals surface area contributed by atoms with Crippen LogP contribution in [0.2, 0.25) is 0 Å². The summed E-state index contributed by atoms with van der Waals surface area (Å²) in [6.07, 6.45) is 0.810. The molecule has 138 valence electrons. The summed E-state index contributed by atoms with van der Waals surface area (Å²) < 4.78 is 0. The number of carbonyl (C=O) groups excluding carboxylic acids is 2. The Morgan fingerprint density at radius 2 is 1.68 bits per heavy atom. The number of amides is 2. The maximum atomic E-state index is 12.6. The van der Waals surface area contributed by atoms with Crippen molar-refractivity contribution < 1.29 is 19.5 Å². The summed E-state index contributed by atoms with van der Waals surface area (Å²) in [5.74, 6) is -2.26. The molecule has 7 heteroatoms. The van der Waals surface area contributed by atoms with Crippen LogP contribution in [0.4, 0.5) is 0 Å². The highest BCUT2D eigenvalue weighted by Crippen LogP contribution is 2.10. The predicted molar refractivity (Wildman–Crippen MR) is 94.7 cm³/mol. The topological polar surface area (TPSA) is 122 Å².